The predicted molar refractivity (Wildman–Crippen MR) is 71.3 cm³/mol. The Labute approximate surface area is 106 Å². The van der Waals surface area contributed by atoms with E-state index >= 15 is 0 Å². The van der Waals surface area contributed by atoms with Crippen LogP contribution in [0.15, 0.2) is 0 Å². The molecule has 2 heterocycles. The van der Waals surface area contributed by atoms with Crippen molar-refractivity contribution in [2.45, 2.75) is 70.7 Å². The maximum Gasteiger partial charge on any atom is 0.0678 e. The standard InChI is InChI=1S/C14H28N2O/c1-11(8-14-6-4-5-7-15-14)16-9-12(2)17-13(3)10-16/h11-15H,4-10H2,1-3H3. The van der Waals surface area contributed by atoms with Gasteiger partial charge in [-0.15, -0.1) is 0 Å². The molecule has 0 aliphatic carbocycles. The van der Waals surface area contributed by atoms with Gasteiger partial charge in [0, 0.05) is 25.2 Å². The fourth-order valence-corrected chi connectivity index (χ4v) is 3.26. The van der Waals surface area contributed by atoms with Crippen molar-refractivity contribution in [3.8, 4) is 0 Å². The molecular formula is C14H28N2O. The third kappa shape index (κ3) is 3.94. The van der Waals surface area contributed by atoms with Crippen molar-refractivity contribution in [1.82, 2.24) is 10.2 Å². The van der Waals surface area contributed by atoms with Crippen LogP contribution in [-0.2, 0) is 4.74 Å². The van der Waals surface area contributed by atoms with Gasteiger partial charge in [-0.05, 0) is 46.6 Å². The Balaban J connectivity index is 1.79. The topological polar surface area (TPSA) is 24.5 Å². The zero-order valence-electron chi connectivity index (χ0n) is 11.6. The molecule has 4 atom stereocenters. The SMILES string of the molecule is CC1CN(C(C)CC2CCCCN2)CC(C)O1. The summed E-state index contributed by atoms with van der Waals surface area (Å²) in [5, 5.41) is 3.65. The van der Waals surface area contributed by atoms with E-state index in [-0.39, 0.29) is 0 Å². The Morgan fingerprint density at radius 2 is 1.94 bits per heavy atom. The van der Waals surface area contributed by atoms with Crippen LogP contribution >= 0.6 is 0 Å². The maximum absolute atomic E-state index is 5.80. The molecule has 0 aromatic rings. The summed E-state index contributed by atoms with van der Waals surface area (Å²) in [6, 6.07) is 1.42. The lowest BCUT2D eigenvalue weighted by molar-refractivity contribution is -0.0801. The molecule has 3 heteroatoms. The van der Waals surface area contributed by atoms with Crippen LogP contribution in [0.5, 0.6) is 0 Å². The van der Waals surface area contributed by atoms with Gasteiger partial charge in [-0.3, -0.25) is 4.90 Å². The number of ether oxygens (including phenoxy) is 1. The van der Waals surface area contributed by atoms with Gasteiger partial charge in [0.2, 0.25) is 0 Å². The molecule has 2 saturated heterocycles. The molecule has 0 saturated carbocycles. The van der Waals surface area contributed by atoms with Gasteiger partial charge in [0.1, 0.15) is 0 Å². The van der Waals surface area contributed by atoms with Crippen LogP contribution in [0.2, 0.25) is 0 Å². The molecule has 0 aromatic carbocycles. The number of nitrogens with zero attached hydrogens (tertiary/aromatic N) is 1. The molecule has 0 spiro atoms. The summed E-state index contributed by atoms with van der Waals surface area (Å²) in [5.41, 5.74) is 0. The summed E-state index contributed by atoms with van der Waals surface area (Å²) in [7, 11) is 0. The highest BCUT2D eigenvalue weighted by atomic mass is 16.5. The highest BCUT2D eigenvalue weighted by molar-refractivity contribution is 4.82. The average molecular weight is 240 g/mol. The monoisotopic (exact) mass is 240 g/mol. The number of hydrogen-bond acceptors (Lipinski definition) is 3. The molecule has 3 nitrogen and oxygen atoms in total. The van der Waals surface area contributed by atoms with E-state index in [9.17, 15) is 0 Å². The third-order valence-corrected chi connectivity index (χ3v) is 4.11. The molecule has 2 fully saturated rings. The normalized spacial score (nSPS) is 37.9. The van der Waals surface area contributed by atoms with Crippen LogP contribution in [0, 0.1) is 0 Å². The first-order valence-electron chi connectivity index (χ1n) is 7.28. The number of piperidine rings is 1. The van der Waals surface area contributed by atoms with E-state index in [0.29, 0.717) is 18.2 Å². The summed E-state index contributed by atoms with van der Waals surface area (Å²) in [5.74, 6) is 0. The minimum atomic E-state index is 0.389. The molecule has 100 valence electrons. The minimum absolute atomic E-state index is 0.389. The van der Waals surface area contributed by atoms with E-state index in [1.165, 1.54) is 32.2 Å². The van der Waals surface area contributed by atoms with E-state index in [4.69, 9.17) is 4.74 Å². The molecule has 0 aromatic heterocycles. The van der Waals surface area contributed by atoms with Gasteiger partial charge in [-0.25, -0.2) is 0 Å². The zero-order valence-corrected chi connectivity index (χ0v) is 11.6. The lowest BCUT2D eigenvalue weighted by atomic mass is 9.97. The van der Waals surface area contributed by atoms with Crippen LogP contribution in [0.1, 0.15) is 46.5 Å². The number of rotatable bonds is 3. The lowest BCUT2D eigenvalue weighted by Gasteiger charge is -2.40. The van der Waals surface area contributed by atoms with Crippen molar-refractivity contribution >= 4 is 0 Å². The van der Waals surface area contributed by atoms with Gasteiger partial charge in [0.25, 0.3) is 0 Å². The van der Waals surface area contributed by atoms with E-state index in [1.807, 2.05) is 0 Å². The Morgan fingerprint density at radius 1 is 1.24 bits per heavy atom. The van der Waals surface area contributed by atoms with Crippen LogP contribution < -0.4 is 5.32 Å². The van der Waals surface area contributed by atoms with Crippen molar-refractivity contribution in [2.24, 2.45) is 0 Å². The smallest absolute Gasteiger partial charge is 0.0678 e. The van der Waals surface area contributed by atoms with Gasteiger partial charge in [0.15, 0.2) is 0 Å². The van der Waals surface area contributed by atoms with Gasteiger partial charge < -0.3 is 10.1 Å². The number of morpholine rings is 1. The van der Waals surface area contributed by atoms with Crippen molar-refractivity contribution < 1.29 is 4.74 Å². The van der Waals surface area contributed by atoms with Crippen LogP contribution in [0.25, 0.3) is 0 Å². The van der Waals surface area contributed by atoms with E-state index in [0.717, 1.165) is 19.1 Å². The second kappa shape index (κ2) is 6.17. The Morgan fingerprint density at radius 3 is 2.53 bits per heavy atom. The molecule has 17 heavy (non-hydrogen) atoms. The molecule has 2 rings (SSSR count). The first kappa shape index (κ1) is 13.3. The van der Waals surface area contributed by atoms with Gasteiger partial charge >= 0.3 is 0 Å². The molecule has 2 aliphatic rings. The summed E-state index contributed by atoms with van der Waals surface area (Å²) in [6.45, 7) is 10.2. The van der Waals surface area contributed by atoms with Crippen LogP contribution in [0.3, 0.4) is 0 Å². The van der Waals surface area contributed by atoms with Crippen molar-refractivity contribution in [3.63, 3.8) is 0 Å². The number of hydrogen-bond donors (Lipinski definition) is 1. The molecule has 1 N–H and O–H groups in total. The van der Waals surface area contributed by atoms with Crippen molar-refractivity contribution in [1.29, 1.82) is 0 Å². The minimum Gasteiger partial charge on any atom is -0.373 e. The largest absolute Gasteiger partial charge is 0.373 e. The summed E-state index contributed by atoms with van der Waals surface area (Å²) in [6.07, 6.45) is 6.19. The number of nitrogens with one attached hydrogen (secondary N) is 1. The molecule has 4 unspecified atom stereocenters. The quantitative estimate of drug-likeness (QED) is 0.817. The van der Waals surface area contributed by atoms with E-state index < -0.39 is 0 Å². The van der Waals surface area contributed by atoms with Gasteiger partial charge in [-0.1, -0.05) is 6.42 Å². The summed E-state index contributed by atoms with van der Waals surface area (Å²) < 4.78 is 5.80. The molecule has 0 radical (unpaired) electrons. The molecule has 0 bridgehead atoms. The Kier molecular flexibility index (Phi) is 4.83. The lowest BCUT2D eigenvalue weighted by Crippen LogP contribution is -2.51. The van der Waals surface area contributed by atoms with Crippen LogP contribution in [-0.4, -0.2) is 48.8 Å². The summed E-state index contributed by atoms with van der Waals surface area (Å²) in [4.78, 5) is 2.61. The Hall–Kier alpha value is -0.120. The van der Waals surface area contributed by atoms with Gasteiger partial charge in [0.05, 0.1) is 12.2 Å². The maximum atomic E-state index is 5.80. The van der Waals surface area contributed by atoms with E-state index in [1.54, 1.807) is 0 Å². The summed E-state index contributed by atoms with van der Waals surface area (Å²) >= 11 is 0. The van der Waals surface area contributed by atoms with Crippen LogP contribution in [0.4, 0.5) is 0 Å². The average Bonchev–Trinajstić information content (AvgIpc) is 2.29. The predicted octanol–water partition coefficient (Wildman–Crippen LogP) is 2.02. The first-order valence-corrected chi connectivity index (χ1v) is 7.28. The Bertz CT molecular complexity index is 218. The zero-order chi connectivity index (χ0) is 12.3. The van der Waals surface area contributed by atoms with E-state index in [2.05, 4.69) is 31.0 Å². The van der Waals surface area contributed by atoms with Crippen molar-refractivity contribution in [3.05, 3.63) is 0 Å². The first-order chi connectivity index (χ1) is 8.15. The molecule has 0 amide bonds. The van der Waals surface area contributed by atoms with Gasteiger partial charge in [-0.2, -0.15) is 0 Å². The fraction of sp³-hybridized carbons (Fsp3) is 1.00. The second-order valence-electron chi connectivity index (χ2n) is 5.94. The molecular weight excluding hydrogens is 212 g/mol. The fourth-order valence-electron chi connectivity index (χ4n) is 3.26. The highest BCUT2D eigenvalue weighted by Gasteiger charge is 2.27. The molecule has 2 aliphatic heterocycles. The highest BCUT2D eigenvalue weighted by Crippen LogP contribution is 2.19. The van der Waals surface area contributed by atoms with Crippen molar-refractivity contribution in [2.75, 3.05) is 19.6 Å². The second-order valence-corrected chi connectivity index (χ2v) is 5.94. The third-order valence-electron chi connectivity index (χ3n) is 4.11.